The first-order chi connectivity index (χ1) is 14.7. The minimum atomic E-state index is -2.81. The van der Waals surface area contributed by atoms with Crippen molar-refractivity contribution in [3.63, 3.8) is 0 Å². The Labute approximate surface area is 195 Å². The van der Waals surface area contributed by atoms with Gasteiger partial charge in [0, 0.05) is 6.42 Å². The van der Waals surface area contributed by atoms with E-state index in [0.29, 0.717) is 11.6 Å². The van der Waals surface area contributed by atoms with E-state index in [0.717, 1.165) is 21.5 Å². The molecule has 0 aliphatic carbocycles. The molecule has 2 aromatic carbocycles. The summed E-state index contributed by atoms with van der Waals surface area (Å²) in [6, 6.07) is 20.7. The minimum Gasteiger partial charge on any atom is -0.402 e. The average Bonchev–Trinajstić information content (AvgIpc) is 2.76. The van der Waals surface area contributed by atoms with Crippen LogP contribution in [0.1, 0.15) is 31.9 Å². The molecule has 0 radical (unpaired) electrons. The second kappa shape index (κ2) is 9.80. The zero-order valence-corrected chi connectivity index (χ0v) is 20.8. The van der Waals surface area contributed by atoms with Crippen LogP contribution in [0, 0.1) is 6.92 Å². The monoisotopic (exact) mass is 474 g/mol. The van der Waals surface area contributed by atoms with E-state index in [1.807, 2.05) is 43.3 Å². The Morgan fingerprint density at radius 2 is 1.39 bits per heavy atom. The zero-order valence-electron chi connectivity index (χ0n) is 18.3. The van der Waals surface area contributed by atoms with Gasteiger partial charge in [0.1, 0.15) is 0 Å². The number of benzene rings is 2. The number of aliphatic hydroxyl groups is 1. The summed E-state index contributed by atoms with van der Waals surface area (Å²) in [7, 11) is -2.81. The minimum absolute atomic E-state index is 0.153. The number of aliphatic hydroxyl groups excluding tert-OH is 1. The summed E-state index contributed by atoms with van der Waals surface area (Å²) in [4.78, 5) is 0. The van der Waals surface area contributed by atoms with Gasteiger partial charge < -0.3 is 9.53 Å². The van der Waals surface area contributed by atoms with E-state index in [1.54, 1.807) is 0 Å². The molecular weight excluding hydrogens is 447 g/mol. The lowest BCUT2D eigenvalue weighted by Crippen LogP contribution is -2.68. The van der Waals surface area contributed by atoms with Crippen LogP contribution < -0.4 is 10.4 Å². The van der Waals surface area contributed by atoms with E-state index in [1.165, 1.54) is 0 Å². The molecule has 1 aromatic heterocycles. The molecule has 1 atom stereocenters. The lowest BCUT2D eigenvalue weighted by Gasteiger charge is -2.45. The average molecular weight is 475 g/mol. The molecule has 0 fully saturated rings. The van der Waals surface area contributed by atoms with Crippen molar-refractivity contribution in [3.05, 3.63) is 82.1 Å². The molecule has 0 saturated carbocycles. The highest BCUT2D eigenvalue weighted by Gasteiger charge is 2.51. The highest BCUT2D eigenvalue weighted by atomic mass is 35.5. The molecular formula is C24H28Cl2N2O2Si. The van der Waals surface area contributed by atoms with Crippen molar-refractivity contribution in [1.29, 1.82) is 0 Å². The second-order valence-electron chi connectivity index (χ2n) is 8.67. The summed E-state index contributed by atoms with van der Waals surface area (Å²) >= 11 is 12.5. The molecule has 1 unspecified atom stereocenters. The van der Waals surface area contributed by atoms with Crippen molar-refractivity contribution >= 4 is 41.9 Å². The Morgan fingerprint density at radius 3 is 1.84 bits per heavy atom. The van der Waals surface area contributed by atoms with Crippen LogP contribution >= 0.6 is 23.2 Å². The van der Waals surface area contributed by atoms with Crippen molar-refractivity contribution in [3.8, 4) is 0 Å². The third-order valence-corrected chi connectivity index (χ3v) is 11.4. The van der Waals surface area contributed by atoms with Crippen molar-refractivity contribution in [2.45, 2.75) is 45.3 Å². The number of halogens is 2. The van der Waals surface area contributed by atoms with Crippen molar-refractivity contribution < 1.29 is 9.53 Å². The van der Waals surface area contributed by atoms with Crippen LogP contribution in [-0.2, 0) is 10.8 Å². The molecule has 3 aromatic rings. The molecule has 0 aliphatic rings. The maximum atomic E-state index is 10.3. The first-order valence-electron chi connectivity index (χ1n) is 10.3. The van der Waals surface area contributed by atoms with Gasteiger partial charge in [0.05, 0.1) is 12.7 Å². The summed E-state index contributed by atoms with van der Waals surface area (Å²) in [6.45, 7) is 8.32. The number of nitrogens with zero attached hydrogens (tertiary/aromatic N) is 2. The lowest BCUT2D eigenvalue weighted by molar-refractivity contribution is 0.107. The van der Waals surface area contributed by atoms with Gasteiger partial charge in [-0.1, -0.05) is 105 Å². The summed E-state index contributed by atoms with van der Waals surface area (Å²) in [6.07, 6.45) is -0.0938. The first-order valence-corrected chi connectivity index (χ1v) is 12.9. The largest absolute Gasteiger partial charge is 0.402 e. The predicted octanol–water partition coefficient (Wildman–Crippen LogP) is 4.57. The topological polar surface area (TPSA) is 55.2 Å². The van der Waals surface area contributed by atoms with Gasteiger partial charge in [-0.2, -0.15) is 0 Å². The van der Waals surface area contributed by atoms with E-state index in [-0.39, 0.29) is 16.8 Å². The Kier molecular flexibility index (Phi) is 7.55. The number of hydrogen-bond donors (Lipinski definition) is 1. The standard InChI is InChI=1S/C24H28Cl2N2O2Si/c1-17-21(23(26)28-27-22(17)25)15-18(16-29)30-31(24(2,3)4,19-11-7-5-8-12-19)20-13-9-6-10-14-20/h5-14,18,29H,15-16H2,1-4H3. The molecule has 31 heavy (non-hydrogen) atoms. The van der Waals surface area contributed by atoms with Crippen LogP contribution in [0.4, 0.5) is 0 Å². The SMILES string of the molecule is Cc1c(Cl)nnc(Cl)c1CC(CO)O[Si](c1ccccc1)(c1ccccc1)C(C)(C)C. The molecule has 1 N–H and O–H groups in total. The summed E-state index contributed by atoms with van der Waals surface area (Å²) in [5.41, 5.74) is 1.50. The van der Waals surface area contributed by atoms with E-state index in [2.05, 4.69) is 55.2 Å². The smallest absolute Gasteiger partial charge is 0.261 e. The fourth-order valence-corrected chi connectivity index (χ4v) is 9.13. The number of aromatic nitrogens is 2. The first kappa shape index (κ1) is 23.9. The molecule has 0 spiro atoms. The Morgan fingerprint density at radius 1 is 0.903 bits per heavy atom. The van der Waals surface area contributed by atoms with Gasteiger partial charge in [-0.15, -0.1) is 10.2 Å². The summed E-state index contributed by atoms with van der Waals surface area (Å²) in [5, 5.41) is 20.9. The maximum Gasteiger partial charge on any atom is 0.261 e. The van der Waals surface area contributed by atoms with E-state index in [4.69, 9.17) is 27.6 Å². The van der Waals surface area contributed by atoms with Gasteiger partial charge in [0.2, 0.25) is 0 Å². The third kappa shape index (κ3) is 4.86. The Bertz CT molecular complexity index is 972. The fraction of sp³-hybridized carbons (Fsp3) is 0.333. The van der Waals surface area contributed by atoms with E-state index < -0.39 is 14.4 Å². The molecule has 0 aliphatic heterocycles. The van der Waals surface area contributed by atoms with Crippen molar-refractivity contribution in [2.24, 2.45) is 0 Å². The molecule has 1 heterocycles. The number of hydrogen-bond acceptors (Lipinski definition) is 4. The zero-order chi connectivity index (χ0) is 22.6. The molecule has 3 rings (SSSR count). The molecule has 7 heteroatoms. The van der Waals surface area contributed by atoms with E-state index >= 15 is 0 Å². The third-order valence-electron chi connectivity index (χ3n) is 5.63. The highest BCUT2D eigenvalue weighted by Crippen LogP contribution is 2.38. The molecule has 0 saturated heterocycles. The van der Waals surface area contributed by atoms with Gasteiger partial charge in [-0.05, 0) is 33.5 Å². The van der Waals surface area contributed by atoms with Crippen molar-refractivity contribution in [2.75, 3.05) is 6.61 Å². The predicted molar refractivity (Wildman–Crippen MR) is 130 cm³/mol. The van der Waals surface area contributed by atoms with Crippen LogP contribution in [0.25, 0.3) is 0 Å². The number of rotatable bonds is 7. The lowest BCUT2D eigenvalue weighted by atomic mass is 10.1. The second-order valence-corrected chi connectivity index (χ2v) is 13.6. The van der Waals surface area contributed by atoms with E-state index in [9.17, 15) is 5.11 Å². The summed E-state index contributed by atoms with van der Waals surface area (Å²) in [5.74, 6) is 0. The molecule has 4 nitrogen and oxygen atoms in total. The van der Waals surface area contributed by atoms with Gasteiger partial charge >= 0.3 is 0 Å². The Hall–Kier alpha value is -1.76. The van der Waals surface area contributed by atoms with Crippen LogP contribution in [-0.4, -0.2) is 36.3 Å². The normalized spacial score (nSPS) is 13.3. The van der Waals surface area contributed by atoms with Gasteiger partial charge in [-0.3, -0.25) is 0 Å². The van der Waals surface area contributed by atoms with Crippen LogP contribution in [0.2, 0.25) is 15.3 Å². The van der Waals surface area contributed by atoms with Crippen LogP contribution in [0.15, 0.2) is 60.7 Å². The van der Waals surface area contributed by atoms with Gasteiger partial charge in [0.25, 0.3) is 8.32 Å². The van der Waals surface area contributed by atoms with Crippen molar-refractivity contribution in [1.82, 2.24) is 10.2 Å². The molecule has 0 amide bonds. The van der Waals surface area contributed by atoms with Crippen LogP contribution in [0.3, 0.4) is 0 Å². The Balaban J connectivity index is 2.13. The fourth-order valence-electron chi connectivity index (χ4n) is 4.05. The van der Waals surface area contributed by atoms with Crippen LogP contribution in [0.5, 0.6) is 0 Å². The van der Waals surface area contributed by atoms with Gasteiger partial charge in [-0.25, -0.2) is 0 Å². The summed E-state index contributed by atoms with van der Waals surface area (Å²) < 4.78 is 7.02. The highest BCUT2D eigenvalue weighted by molar-refractivity contribution is 6.99. The van der Waals surface area contributed by atoms with Gasteiger partial charge in [0.15, 0.2) is 10.3 Å². The maximum absolute atomic E-state index is 10.3. The molecule has 164 valence electrons. The molecule has 0 bridgehead atoms. The quantitative estimate of drug-likeness (QED) is 0.509.